The Morgan fingerprint density at radius 3 is 2.76 bits per heavy atom. The van der Waals surface area contributed by atoms with E-state index < -0.39 is 0 Å². The lowest BCUT2D eigenvalue weighted by Gasteiger charge is -2.39. The van der Waals surface area contributed by atoms with E-state index in [-0.39, 0.29) is 11.3 Å². The number of carbonyl (C=O) groups is 1. The summed E-state index contributed by atoms with van der Waals surface area (Å²) in [5, 5.41) is 0. The fourth-order valence-corrected chi connectivity index (χ4v) is 4.06. The Bertz CT molecular complexity index is 765. The van der Waals surface area contributed by atoms with Crippen LogP contribution in [0.5, 0.6) is 0 Å². The highest BCUT2D eigenvalue weighted by Crippen LogP contribution is 2.41. The first-order chi connectivity index (χ1) is 12.2. The standard InChI is InChI=1S/C19H23N5O/c1-15-5-2-6-16(22-15)13-23-12-8-19(17(23)25)7-3-11-24(14-19)18-20-9-4-10-21-18/h2,4-6,9-10H,3,7-8,11-14H2,1H3/t19-/m1/s1. The number of anilines is 1. The van der Waals surface area contributed by atoms with Crippen molar-refractivity contribution >= 4 is 11.9 Å². The van der Waals surface area contributed by atoms with Crippen molar-refractivity contribution in [1.29, 1.82) is 0 Å². The number of aryl methyl sites for hydroxylation is 1. The van der Waals surface area contributed by atoms with Gasteiger partial charge in [0.15, 0.2) is 0 Å². The van der Waals surface area contributed by atoms with Crippen LogP contribution in [-0.2, 0) is 11.3 Å². The van der Waals surface area contributed by atoms with Gasteiger partial charge in [-0.3, -0.25) is 9.78 Å². The molecule has 6 nitrogen and oxygen atoms in total. The summed E-state index contributed by atoms with van der Waals surface area (Å²) in [6.45, 7) is 5.02. The summed E-state index contributed by atoms with van der Waals surface area (Å²) < 4.78 is 0. The summed E-state index contributed by atoms with van der Waals surface area (Å²) in [5.74, 6) is 0.990. The first-order valence-corrected chi connectivity index (χ1v) is 8.90. The lowest BCUT2D eigenvalue weighted by molar-refractivity contribution is -0.137. The predicted molar refractivity (Wildman–Crippen MR) is 94.9 cm³/mol. The molecule has 2 aromatic heterocycles. The van der Waals surface area contributed by atoms with E-state index in [1.165, 1.54) is 0 Å². The molecule has 25 heavy (non-hydrogen) atoms. The minimum atomic E-state index is -0.290. The van der Waals surface area contributed by atoms with Gasteiger partial charge in [0, 0.05) is 37.7 Å². The molecular formula is C19H23N5O. The van der Waals surface area contributed by atoms with Gasteiger partial charge in [-0.05, 0) is 44.4 Å². The summed E-state index contributed by atoms with van der Waals surface area (Å²) in [5.41, 5.74) is 1.66. The highest BCUT2D eigenvalue weighted by molar-refractivity contribution is 5.85. The van der Waals surface area contributed by atoms with E-state index in [9.17, 15) is 4.79 Å². The summed E-state index contributed by atoms with van der Waals surface area (Å²) in [7, 11) is 0. The van der Waals surface area contributed by atoms with Crippen molar-refractivity contribution in [3.8, 4) is 0 Å². The summed E-state index contributed by atoms with van der Waals surface area (Å²) in [6.07, 6.45) is 6.38. The van der Waals surface area contributed by atoms with E-state index in [0.29, 0.717) is 13.1 Å². The van der Waals surface area contributed by atoms with Gasteiger partial charge in [-0.1, -0.05) is 6.07 Å². The van der Waals surface area contributed by atoms with Crippen LogP contribution < -0.4 is 4.90 Å². The molecule has 0 N–H and O–H groups in total. The van der Waals surface area contributed by atoms with Crippen LogP contribution in [0, 0.1) is 12.3 Å². The zero-order chi connectivity index (χ0) is 17.3. The highest BCUT2D eigenvalue weighted by Gasteiger charge is 2.49. The number of pyridine rings is 1. The quantitative estimate of drug-likeness (QED) is 0.859. The highest BCUT2D eigenvalue weighted by atomic mass is 16.2. The molecule has 4 rings (SSSR count). The van der Waals surface area contributed by atoms with Gasteiger partial charge in [-0.25, -0.2) is 9.97 Å². The van der Waals surface area contributed by atoms with Crippen molar-refractivity contribution in [3.05, 3.63) is 48.0 Å². The Morgan fingerprint density at radius 2 is 1.96 bits per heavy atom. The number of piperidine rings is 1. The molecule has 130 valence electrons. The lowest BCUT2D eigenvalue weighted by atomic mass is 9.78. The molecule has 0 radical (unpaired) electrons. The monoisotopic (exact) mass is 337 g/mol. The van der Waals surface area contributed by atoms with Crippen LogP contribution in [-0.4, -0.2) is 45.4 Å². The van der Waals surface area contributed by atoms with Crippen LogP contribution in [0.15, 0.2) is 36.7 Å². The molecule has 0 bridgehead atoms. The third kappa shape index (κ3) is 3.08. The molecule has 0 saturated carbocycles. The van der Waals surface area contributed by atoms with E-state index in [1.807, 2.05) is 36.1 Å². The van der Waals surface area contributed by atoms with Gasteiger partial charge in [-0.2, -0.15) is 0 Å². The van der Waals surface area contributed by atoms with Crippen LogP contribution in [0.1, 0.15) is 30.7 Å². The van der Waals surface area contributed by atoms with Crippen LogP contribution in [0.4, 0.5) is 5.95 Å². The van der Waals surface area contributed by atoms with Crippen molar-refractivity contribution in [2.75, 3.05) is 24.5 Å². The molecule has 6 heteroatoms. The minimum absolute atomic E-state index is 0.261. The van der Waals surface area contributed by atoms with Crippen molar-refractivity contribution in [2.24, 2.45) is 5.41 Å². The first kappa shape index (κ1) is 16.0. The van der Waals surface area contributed by atoms with Gasteiger partial charge >= 0.3 is 0 Å². The van der Waals surface area contributed by atoms with E-state index in [1.54, 1.807) is 12.4 Å². The first-order valence-electron chi connectivity index (χ1n) is 8.90. The SMILES string of the molecule is Cc1cccc(CN2CC[C@@]3(CCCN(c4ncccn4)C3)C2=O)n1. The number of aromatic nitrogens is 3. The Kier molecular flexibility index (Phi) is 4.11. The minimum Gasteiger partial charge on any atom is -0.340 e. The molecule has 2 fully saturated rings. The molecule has 0 unspecified atom stereocenters. The van der Waals surface area contributed by atoms with Gasteiger partial charge in [0.05, 0.1) is 17.7 Å². The summed E-state index contributed by atoms with van der Waals surface area (Å²) >= 11 is 0. The van der Waals surface area contributed by atoms with Crippen molar-refractivity contribution in [2.45, 2.75) is 32.7 Å². The zero-order valence-corrected chi connectivity index (χ0v) is 14.6. The van der Waals surface area contributed by atoms with Crippen LogP contribution in [0.25, 0.3) is 0 Å². The van der Waals surface area contributed by atoms with Crippen molar-refractivity contribution < 1.29 is 4.79 Å². The van der Waals surface area contributed by atoms with Gasteiger partial charge in [0.25, 0.3) is 0 Å². The molecule has 1 spiro atoms. The number of carbonyl (C=O) groups excluding carboxylic acids is 1. The van der Waals surface area contributed by atoms with Crippen molar-refractivity contribution in [3.63, 3.8) is 0 Å². The molecule has 0 aromatic carbocycles. The van der Waals surface area contributed by atoms with Crippen molar-refractivity contribution in [1.82, 2.24) is 19.9 Å². The Labute approximate surface area is 147 Å². The molecule has 1 amide bonds. The number of hydrogen-bond donors (Lipinski definition) is 0. The van der Waals surface area contributed by atoms with Crippen LogP contribution >= 0.6 is 0 Å². The topological polar surface area (TPSA) is 62.2 Å². The van der Waals surface area contributed by atoms with Gasteiger partial charge in [0.1, 0.15) is 0 Å². The normalized spacial score (nSPS) is 23.5. The molecule has 0 aliphatic carbocycles. The number of rotatable bonds is 3. The Balaban J connectivity index is 1.50. The molecule has 2 aliphatic heterocycles. The largest absolute Gasteiger partial charge is 0.340 e. The van der Waals surface area contributed by atoms with Gasteiger partial charge < -0.3 is 9.80 Å². The second kappa shape index (κ2) is 6.43. The third-order valence-corrected chi connectivity index (χ3v) is 5.31. The van der Waals surface area contributed by atoms with E-state index in [0.717, 1.165) is 49.7 Å². The maximum absolute atomic E-state index is 13.2. The Morgan fingerprint density at radius 1 is 1.12 bits per heavy atom. The molecular weight excluding hydrogens is 314 g/mol. The Hall–Kier alpha value is -2.50. The number of hydrogen-bond acceptors (Lipinski definition) is 5. The van der Waals surface area contributed by atoms with Crippen LogP contribution in [0.3, 0.4) is 0 Å². The van der Waals surface area contributed by atoms with E-state index in [4.69, 9.17) is 0 Å². The van der Waals surface area contributed by atoms with Gasteiger partial charge in [-0.15, -0.1) is 0 Å². The smallest absolute Gasteiger partial charge is 0.231 e. The number of amides is 1. The van der Waals surface area contributed by atoms with Gasteiger partial charge in [0.2, 0.25) is 11.9 Å². The molecule has 2 aliphatic rings. The molecule has 1 atom stereocenters. The second-order valence-electron chi connectivity index (χ2n) is 7.10. The third-order valence-electron chi connectivity index (χ3n) is 5.31. The maximum Gasteiger partial charge on any atom is 0.231 e. The predicted octanol–water partition coefficient (Wildman–Crippen LogP) is 2.20. The van der Waals surface area contributed by atoms with E-state index >= 15 is 0 Å². The molecule has 4 heterocycles. The number of likely N-dealkylation sites (tertiary alicyclic amines) is 1. The van der Waals surface area contributed by atoms with Crippen LogP contribution in [0.2, 0.25) is 0 Å². The second-order valence-corrected chi connectivity index (χ2v) is 7.10. The summed E-state index contributed by atoms with van der Waals surface area (Å²) in [4.78, 5) is 30.6. The summed E-state index contributed by atoms with van der Waals surface area (Å²) in [6, 6.07) is 7.80. The zero-order valence-electron chi connectivity index (χ0n) is 14.6. The average Bonchev–Trinajstić information content (AvgIpc) is 2.92. The lowest BCUT2D eigenvalue weighted by Crippen LogP contribution is -2.48. The average molecular weight is 337 g/mol. The fraction of sp³-hybridized carbons (Fsp3) is 0.474. The fourth-order valence-electron chi connectivity index (χ4n) is 4.06. The maximum atomic E-state index is 13.2. The molecule has 2 aromatic rings. The molecule has 2 saturated heterocycles. The number of nitrogens with zero attached hydrogens (tertiary/aromatic N) is 5. The van der Waals surface area contributed by atoms with E-state index in [2.05, 4.69) is 19.9 Å².